The fourth-order valence-electron chi connectivity index (χ4n) is 4.55. The lowest BCUT2D eigenvalue weighted by molar-refractivity contribution is -0.132. The monoisotopic (exact) mass is 513 g/mol. The van der Waals surface area contributed by atoms with Gasteiger partial charge in [0.2, 0.25) is 5.91 Å². The SMILES string of the molecule is CCOc1ccc(/C(O)=C2/C(=O)C(=O)N(c3ccc(NC(C)=O)cc3)C2c2ccc(N(C)C)cc2)cc1C. The summed E-state index contributed by atoms with van der Waals surface area (Å²) in [5.74, 6) is -1.32. The molecule has 0 bridgehead atoms. The minimum absolute atomic E-state index is 0.00194. The second-order valence-corrected chi connectivity index (χ2v) is 9.30. The van der Waals surface area contributed by atoms with Crippen molar-refractivity contribution < 1.29 is 24.2 Å². The molecule has 0 aliphatic carbocycles. The molecule has 2 amide bonds. The first-order chi connectivity index (χ1) is 18.1. The van der Waals surface area contributed by atoms with Gasteiger partial charge in [0, 0.05) is 43.6 Å². The number of ether oxygens (including phenoxy) is 1. The van der Waals surface area contributed by atoms with E-state index in [1.165, 1.54) is 11.8 Å². The molecular weight excluding hydrogens is 482 g/mol. The van der Waals surface area contributed by atoms with Gasteiger partial charge in [-0.1, -0.05) is 12.1 Å². The second kappa shape index (κ2) is 10.8. The zero-order valence-electron chi connectivity index (χ0n) is 22.1. The number of nitrogens with one attached hydrogen (secondary N) is 1. The Morgan fingerprint density at radius 1 is 1.03 bits per heavy atom. The summed E-state index contributed by atoms with van der Waals surface area (Å²) in [4.78, 5) is 41.6. The lowest BCUT2D eigenvalue weighted by Crippen LogP contribution is -2.29. The highest BCUT2D eigenvalue weighted by Gasteiger charge is 2.47. The molecule has 0 spiro atoms. The van der Waals surface area contributed by atoms with Gasteiger partial charge in [-0.15, -0.1) is 0 Å². The second-order valence-electron chi connectivity index (χ2n) is 9.30. The van der Waals surface area contributed by atoms with Crippen molar-refractivity contribution in [3.05, 3.63) is 89.0 Å². The first-order valence-corrected chi connectivity index (χ1v) is 12.3. The summed E-state index contributed by atoms with van der Waals surface area (Å²) >= 11 is 0. The highest BCUT2D eigenvalue weighted by molar-refractivity contribution is 6.51. The van der Waals surface area contributed by atoms with Crippen LogP contribution >= 0.6 is 0 Å². The third kappa shape index (κ3) is 5.11. The Morgan fingerprint density at radius 3 is 2.24 bits per heavy atom. The molecule has 0 radical (unpaired) electrons. The Bertz CT molecular complexity index is 1410. The molecule has 2 N–H and O–H groups in total. The fourth-order valence-corrected chi connectivity index (χ4v) is 4.55. The van der Waals surface area contributed by atoms with E-state index in [4.69, 9.17) is 4.74 Å². The molecule has 3 aromatic rings. The summed E-state index contributed by atoms with van der Waals surface area (Å²) in [6, 6.07) is 18.5. The maximum Gasteiger partial charge on any atom is 0.300 e. The molecule has 38 heavy (non-hydrogen) atoms. The maximum atomic E-state index is 13.4. The molecule has 1 unspecified atom stereocenters. The Balaban J connectivity index is 1.86. The van der Waals surface area contributed by atoms with Crippen LogP contribution in [0.5, 0.6) is 5.75 Å². The van der Waals surface area contributed by atoms with Crippen molar-refractivity contribution in [3.8, 4) is 5.75 Å². The van der Waals surface area contributed by atoms with Gasteiger partial charge in [-0.05, 0) is 79.6 Å². The van der Waals surface area contributed by atoms with E-state index in [-0.39, 0.29) is 17.2 Å². The number of rotatable bonds is 7. The van der Waals surface area contributed by atoms with E-state index in [0.29, 0.717) is 34.9 Å². The van der Waals surface area contributed by atoms with Crippen molar-refractivity contribution in [2.75, 3.05) is 35.8 Å². The molecule has 1 atom stereocenters. The predicted molar refractivity (Wildman–Crippen MR) is 149 cm³/mol. The highest BCUT2D eigenvalue weighted by atomic mass is 16.5. The van der Waals surface area contributed by atoms with E-state index in [9.17, 15) is 19.5 Å². The van der Waals surface area contributed by atoms with Gasteiger partial charge in [0.15, 0.2) is 0 Å². The van der Waals surface area contributed by atoms with Crippen LogP contribution in [0.2, 0.25) is 0 Å². The Morgan fingerprint density at radius 2 is 1.68 bits per heavy atom. The molecule has 1 aliphatic rings. The van der Waals surface area contributed by atoms with Crippen LogP contribution in [0.25, 0.3) is 5.76 Å². The highest BCUT2D eigenvalue weighted by Crippen LogP contribution is 2.43. The number of aliphatic hydroxyl groups is 1. The molecule has 3 aromatic carbocycles. The average Bonchev–Trinajstić information content (AvgIpc) is 3.15. The zero-order valence-corrected chi connectivity index (χ0v) is 22.1. The number of hydrogen-bond acceptors (Lipinski definition) is 6. The lowest BCUT2D eigenvalue weighted by atomic mass is 9.94. The van der Waals surface area contributed by atoms with Gasteiger partial charge in [-0.2, -0.15) is 0 Å². The summed E-state index contributed by atoms with van der Waals surface area (Å²) in [5, 5.41) is 14.1. The molecule has 1 fully saturated rings. The largest absolute Gasteiger partial charge is 0.507 e. The molecule has 0 aromatic heterocycles. The Kier molecular flexibility index (Phi) is 7.52. The Labute approximate surface area is 222 Å². The molecule has 1 saturated heterocycles. The van der Waals surface area contributed by atoms with E-state index >= 15 is 0 Å². The number of amides is 2. The van der Waals surface area contributed by atoms with E-state index in [1.54, 1.807) is 42.5 Å². The summed E-state index contributed by atoms with van der Waals surface area (Å²) < 4.78 is 5.61. The van der Waals surface area contributed by atoms with Crippen LogP contribution in [0.15, 0.2) is 72.3 Å². The number of carbonyl (C=O) groups is 3. The number of carbonyl (C=O) groups excluding carboxylic acids is 3. The molecule has 1 heterocycles. The van der Waals surface area contributed by atoms with Gasteiger partial charge in [0.05, 0.1) is 18.2 Å². The number of anilines is 3. The van der Waals surface area contributed by atoms with Crippen LogP contribution in [0.4, 0.5) is 17.1 Å². The van der Waals surface area contributed by atoms with E-state index in [1.807, 2.05) is 57.1 Å². The number of hydrogen-bond donors (Lipinski definition) is 2. The first-order valence-electron chi connectivity index (χ1n) is 12.3. The third-order valence-electron chi connectivity index (χ3n) is 6.38. The number of benzene rings is 3. The minimum atomic E-state index is -0.857. The molecular formula is C30H31N3O5. The molecule has 8 nitrogen and oxygen atoms in total. The van der Waals surface area contributed by atoms with E-state index in [2.05, 4.69) is 5.32 Å². The molecule has 8 heteroatoms. The van der Waals surface area contributed by atoms with Gasteiger partial charge < -0.3 is 20.1 Å². The fraction of sp³-hybridized carbons (Fsp3) is 0.233. The topological polar surface area (TPSA) is 99.2 Å². The van der Waals surface area contributed by atoms with Crippen LogP contribution in [-0.2, 0) is 14.4 Å². The number of ketones is 1. The number of aliphatic hydroxyl groups excluding tert-OH is 1. The van der Waals surface area contributed by atoms with Crippen molar-refractivity contribution in [1.29, 1.82) is 0 Å². The van der Waals surface area contributed by atoms with Crippen LogP contribution in [-0.4, -0.2) is 43.4 Å². The standard InChI is InChI=1S/C30H31N3O5/c1-6-38-25-16-9-21(17-18(25)2)28(35)26-27(20-7-12-23(13-8-20)32(4)5)33(30(37)29(26)36)24-14-10-22(11-15-24)31-19(3)34/h7-17,27,35H,6H2,1-5H3,(H,31,34)/b28-26-. The zero-order chi connectivity index (χ0) is 27.6. The molecule has 196 valence electrons. The quantitative estimate of drug-likeness (QED) is 0.261. The maximum absolute atomic E-state index is 13.4. The van der Waals surface area contributed by atoms with Crippen molar-refractivity contribution in [3.63, 3.8) is 0 Å². The van der Waals surface area contributed by atoms with Crippen LogP contribution in [0.1, 0.15) is 36.6 Å². The van der Waals surface area contributed by atoms with Gasteiger partial charge in [-0.25, -0.2) is 0 Å². The third-order valence-corrected chi connectivity index (χ3v) is 6.38. The summed E-state index contributed by atoms with van der Waals surface area (Å²) in [7, 11) is 3.85. The van der Waals surface area contributed by atoms with Crippen LogP contribution < -0.4 is 19.9 Å². The Hall–Kier alpha value is -4.59. The normalized spacial score (nSPS) is 16.4. The van der Waals surface area contributed by atoms with Gasteiger partial charge in [0.1, 0.15) is 11.5 Å². The van der Waals surface area contributed by atoms with Crippen molar-refractivity contribution >= 4 is 40.4 Å². The van der Waals surface area contributed by atoms with E-state index in [0.717, 1.165) is 11.3 Å². The lowest BCUT2D eigenvalue weighted by Gasteiger charge is -2.26. The number of aryl methyl sites for hydroxylation is 1. The average molecular weight is 514 g/mol. The van der Waals surface area contributed by atoms with Gasteiger partial charge in [-0.3, -0.25) is 19.3 Å². The first kappa shape index (κ1) is 26.5. The van der Waals surface area contributed by atoms with E-state index < -0.39 is 17.7 Å². The summed E-state index contributed by atoms with van der Waals surface area (Å²) in [6.07, 6.45) is 0. The number of Topliss-reactive ketones (excluding diaryl/α,β-unsaturated/α-hetero) is 1. The van der Waals surface area contributed by atoms with Crippen molar-refractivity contribution in [2.45, 2.75) is 26.8 Å². The van der Waals surface area contributed by atoms with Crippen LogP contribution in [0.3, 0.4) is 0 Å². The van der Waals surface area contributed by atoms with Gasteiger partial charge >= 0.3 is 0 Å². The number of nitrogens with zero attached hydrogens (tertiary/aromatic N) is 2. The van der Waals surface area contributed by atoms with Crippen LogP contribution in [0, 0.1) is 6.92 Å². The van der Waals surface area contributed by atoms with Gasteiger partial charge in [0.25, 0.3) is 11.7 Å². The molecule has 1 aliphatic heterocycles. The van der Waals surface area contributed by atoms with Crippen molar-refractivity contribution in [2.24, 2.45) is 0 Å². The van der Waals surface area contributed by atoms with Crippen molar-refractivity contribution in [1.82, 2.24) is 0 Å². The predicted octanol–water partition coefficient (Wildman–Crippen LogP) is 5.04. The minimum Gasteiger partial charge on any atom is -0.507 e. The summed E-state index contributed by atoms with van der Waals surface area (Å²) in [5.41, 5.74) is 3.87. The molecule has 0 saturated carbocycles. The molecule has 4 rings (SSSR count). The summed E-state index contributed by atoms with van der Waals surface area (Å²) in [6.45, 7) is 5.65. The smallest absolute Gasteiger partial charge is 0.300 e.